The van der Waals surface area contributed by atoms with E-state index in [1.54, 1.807) is 24.4 Å². The molecule has 0 saturated heterocycles. The van der Waals surface area contributed by atoms with Crippen molar-refractivity contribution in [2.45, 2.75) is 13.2 Å². The standard InChI is InChI=1S/C15H13ClN2O3/c16-13-4-11(14-12(5-13)8-20-9-21-14)7-18-15(19)10-2-1-3-17-6-10/h1-6H,7-9H2,(H,18,19). The van der Waals surface area contributed by atoms with E-state index in [-0.39, 0.29) is 12.7 Å². The fraction of sp³-hybridized carbons (Fsp3) is 0.200. The van der Waals surface area contributed by atoms with Crippen LogP contribution in [0.1, 0.15) is 21.5 Å². The molecule has 1 aliphatic rings. The van der Waals surface area contributed by atoms with Gasteiger partial charge in [0.25, 0.3) is 5.91 Å². The van der Waals surface area contributed by atoms with Gasteiger partial charge in [0.05, 0.1) is 12.2 Å². The van der Waals surface area contributed by atoms with E-state index in [1.807, 2.05) is 6.07 Å². The monoisotopic (exact) mass is 304 g/mol. The molecule has 2 heterocycles. The van der Waals surface area contributed by atoms with E-state index in [9.17, 15) is 4.79 Å². The number of nitrogens with zero attached hydrogens (tertiary/aromatic N) is 1. The van der Waals surface area contributed by atoms with E-state index < -0.39 is 0 Å². The summed E-state index contributed by atoms with van der Waals surface area (Å²) in [5, 5.41) is 3.43. The van der Waals surface area contributed by atoms with Gasteiger partial charge in [-0.15, -0.1) is 0 Å². The van der Waals surface area contributed by atoms with E-state index in [1.165, 1.54) is 6.20 Å². The lowest BCUT2D eigenvalue weighted by molar-refractivity contribution is -0.0170. The summed E-state index contributed by atoms with van der Waals surface area (Å²) < 4.78 is 10.7. The molecular formula is C15H13ClN2O3. The summed E-state index contributed by atoms with van der Waals surface area (Å²) in [6.07, 6.45) is 3.14. The van der Waals surface area contributed by atoms with Gasteiger partial charge in [-0.3, -0.25) is 9.78 Å². The van der Waals surface area contributed by atoms with Crippen molar-refractivity contribution in [2.75, 3.05) is 6.79 Å². The van der Waals surface area contributed by atoms with Crippen molar-refractivity contribution >= 4 is 17.5 Å². The number of benzene rings is 1. The predicted molar refractivity (Wildman–Crippen MR) is 77.1 cm³/mol. The van der Waals surface area contributed by atoms with Gasteiger partial charge in [0, 0.05) is 35.1 Å². The summed E-state index contributed by atoms with van der Waals surface area (Å²) in [6.45, 7) is 0.994. The second-order valence-corrected chi connectivity index (χ2v) is 5.02. The molecule has 1 amide bonds. The van der Waals surface area contributed by atoms with Gasteiger partial charge in [-0.05, 0) is 24.3 Å². The lowest BCUT2D eigenvalue weighted by atomic mass is 10.1. The van der Waals surface area contributed by atoms with E-state index in [0.717, 1.165) is 16.9 Å². The topological polar surface area (TPSA) is 60.5 Å². The molecule has 1 aromatic heterocycles. The maximum atomic E-state index is 12.0. The first-order valence-corrected chi connectivity index (χ1v) is 6.82. The molecule has 5 nitrogen and oxygen atoms in total. The molecule has 0 unspecified atom stereocenters. The third-order valence-electron chi connectivity index (χ3n) is 3.11. The maximum absolute atomic E-state index is 12.0. The lowest BCUT2D eigenvalue weighted by Crippen LogP contribution is -2.24. The molecule has 1 aromatic carbocycles. The van der Waals surface area contributed by atoms with Crippen molar-refractivity contribution in [1.82, 2.24) is 10.3 Å². The molecule has 3 rings (SSSR count). The molecule has 2 aromatic rings. The van der Waals surface area contributed by atoms with E-state index in [0.29, 0.717) is 23.7 Å². The first-order chi connectivity index (χ1) is 10.2. The number of hydrogen-bond donors (Lipinski definition) is 1. The average Bonchev–Trinajstić information content (AvgIpc) is 2.53. The number of ether oxygens (including phenoxy) is 2. The van der Waals surface area contributed by atoms with E-state index >= 15 is 0 Å². The van der Waals surface area contributed by atoms with Crippen LogP contribution in [0.4, 0.5) is 0 Å². The Morgan fingerprint density at radius 1 is 1.43 bits per heavy atom. The minimum absolute atomic E-state index is 0.191. The molecule has 21 heavy (non-hydrogen) atoms. The van der Waals surface area contributed by atoms with Crippen molar-refractivity contribution in [1.29, 1.82) is 0 Å². The lowest BCUT2D eigenvalue weighted by Gasteiger charge is -2.21. The number of hydrogen-bond acceptors (Lipinski definition) is 4. The van der Waals surface area contributed by atoms with Crippen LogP contribution in [-0.2, 0) is 17.9 Å². The molecule has 1 N–H and O–H groups in total. The predicted octanol–water partition coefficient (Wildman–Crippen LogP) is 2.53. The molecule has 0 spiro atoms. The largest absolute Gasteiger partial charge is 0.467 e. The van der Waals surface area contributed by atoms with Crippen LogP contribution < -0.4 is 10.1 Å². The van der Waals surface area contributed by atoms with Crippen LogP contribution in [0.15, 0.2) is 36.7 Å². The normalized spacial score (nSPS) is 13.2. The van der Waals surface area contributed by atoms with Gasteiger partial charge in [-0.25, -0.2) is 0 Å². The molecule has 0 atom stereocenters. The number of fused-ring (bicyclic) bond motifs is 1. The molecule has 108 valence electrons. The Hall–Kier alpha value is -2.11. The molecule has 0 aliphatic carbocycles. The Labute approximate surface area is 126 Å². The highest BCUT2D eigenvalue weighted by Crippen LogP contribution is 2.31. The van der Waals surface area contributed by atoms with Crippen LogP contribution in [0.5, 0.6) is 5.75 Å². The number of halogens is 1. The molecular weight excluding hydrogens is 292 g/mol. The fourth-order valence-electron chi connectivity index (χ4n) is 2.16. The number of rotatable bonds is 3. The quantitative estimate of drug-likeness (QED) is 0.946. The molecule has 1 aliphatic heterocycles. The van der Waals surface area contributed by atoms with Gasteiger partial charge in [0.15, 0.2) is 6.79 Å². The summed E-state index contributed by atoms with van der Waals surface area (Å²) in [5.74, 6) is 0.543. The Morgan fingerprint density at radius 2 is 2.33 bits per heavy atom. The van der Waals surface area contributed by atoms with Gasteiger partial charge in [-0.2, -0.15) is 0 Å². The first kappa shape index (κ1) is 13.9. The van der Waals surface area contributed by atoms with Gasteiger partial charge < -0.3 is 14.8 Å². The van der Waals surface area contributed by atoms with Crippen LogP contribution in [0, 0.1) is 0 Å². The van der Waals surface area contributed by atoms with Crippen LogP contribution in [0.2, 0.25) is 5.02 Å². The average molecular weight is 305 g/mol. The highest BCUT2D eigenvalue weighted by Gasteiger charge is 2.17. The summed E-state index contributed by atoms with van der Waals surface area (Å²) in [5.41, 5.74) is 2.23. The van der Waals surface area contributed by atoms with Crippen LogP contribution in [-0.4, -0.2) is 17.7 Å². The fourth-order valence-corrected chi connectivity index (χ4v) is 2.43. The van der Waals surface area contributed by atoms with Crippen molar-refractivity contribution in [3.63, 3.8) is 0 Å². The minimum Gasteiger partial charge on any atom is -0.467 e. The Morgan fingerprint density at radius 3 is 3.14 bits per heavy atom. The molecule has 0 bridgehead atoms. The van der Waals surface area contributed by atoms with E-state index in [2.05, 4.69) is 10.3 Å². The third kappa shape index (κ3) is 3.15. The second-order valence-electron chi connectivity index (χ2n) is 4.59. The van der Waals surface area contributed by atoms with Gasteiger partial charge in [-0.1, -0.05) is 11.6 Å². The van der Waals surface area contributed by atoms with Crippen LogP contribution in [0.25, 0.3) is 0 Å². The summed E-state index contributed by atoms with van der Waals surface area (Å²) in [6, 6.07) is 7.02. The molecule has 6 heteroatoms. The van der Waals surface area contributed by atoms with Gasteiger partial charge in [0.2, 0.25) is 0 Å². The number of nitrogens with one attached hydrogen (secondary N) is 1. The second kappa shape index (κ2) is 6.11. The molecule has 0 radical (unpaired) electrons. The number of pyridine rings is 1. The van der Waals surface area contributed by atoms with Crippen molar-refractivity contribution in [3.05, 3.63) is 58.4 Å². The highest BCUT2D eigenvalue weighted by molar-refractivity contribution is 6.30. The summed E-state index contributed by atoms with van der Waals surface area (Å²) >= 11 is 6.08. The summed E-state index contributed by atoms with van der Waals surface area (Å²) in [4.78, 5) is 15.9. The Balaban J connectivity index is 1.76. The zero-order chi connectivity index (χ0) is 14.7. The zero-order valence-corrected chi connectivity index (χ0v) is 11.9. The van der Waals surface area contributed by atoms with E-state index in [4.69, 9.17) is 21.1 Å². The SMILES string of the molecule is O=C(NCc1cc(Cl)cc2c1OCOC2)c1cccnc1. The van der Waals surface area contributed by atoms with Crippen molar-refractivity contribution in [3.8, 4) is 5.75 Å². The summed E-state index contributed by atoms with van der Waals surface area (Å²) in [7, 11) is 0. The number of amides is 1. The number of carbonyl (C=O) groups excluding carboxylic acids is 1. The van der Waals surface area contributed by atoms with Crippen LogP contribution >= 0.6 is 11.6 Å². The van der Waals surface area contributed by atoms with Crippen molar-refractivity contribution in [2.24, 2.45) is 0 Å². The zero-order valence-electron chi connectivity index (χ0n) is 11.1. The Bertz CT molecular complexity index is 661. The molecule has 0 fully saturated rings. The minimum atomic E-state index is -0.191. The maximum Gasteiger partial charge on any atom is 0.253 e. The van der Waals surface area contributed by atoms with Gasteiger partial charge >= 0.3 is 0 Å². The van der Waals surface area contributed by atoms with Crippen molar-refractivity contribution < 1.29 is 14.3 Å². The smallest absolute Gasteiger partial charge is 0.253 e. The number of carbonyl (C=O) groups is 1. The first-order valence-electron chi connectivity index (χ1n) is 6.44. The van der Waals surface area contributed by atoms with Gasteiger partial charge in [0.1, 0.15) is 5.75 Å². The number of aromatic nitrogens is 1. The molecule has 0 saturated carbocycles. The Kier molecular flexibility index (Phi) is 4.03. The third-order valence-corrected chi connectivity index (χ3v) is 3.33. The van der Waals surface area contributed by atoms with Crippen LogP contribution in [0.3, 0.4) is 0 Å². The highest BCUT2D eigenvalue weighted by atomic mass is 35.5.